The first-order valence-electron chi connectivity index (χ1n) is 6.30. The van der Waals surface area contributed by atoms with Crippen molar-refractivity contribution < 1.29 is 8.42 Å². The molecule has 2 N–H and O–H groups in total. The van der Waals surface area contributed by atoms with Crippen molar-refractivity contribution in [3.8, 4) is 0 Å². The smallest absolute Gasteiger partial charge is 0.210 e. The van der Waals surface area contributed by atoms with Gasteiger partial charge in [0, 0.05) is 6.04 Å². The maximum Gasteiger partial charge on any atom is 0.210 e. The lowest BCUT2D eigenvalue weighted by molar-refractivity contribution is 0.546. The number of nitrogens with zero attached hydrogens (tertiary/aromatic N) is 1. The van der Waals surface area contributed by atoms with E-state index in [1.54, 1.807) is 0 Å². The van der Waals surface area contributed by atoms with Crippen LogP contribution in [0.25, 0.3) is 10.2 Å². The molecule has 0 fully saturated rings. The van der Waals surface area contributed by atoms with Gasteiger partial charge in [-0.2, -0.15) is 0 Å². The molecular weight excluding hydrogens is 280 g/mol. The number of rotatable bonds is 5. The number of fused-ring (bicyclic) bond motifs is 1. The molecule has 4 nitrogen and oxygen atoms in total. The van der Waals surface area contributed by atoms with Crippen molar-refractivity contribution >= 4 is 31.4 Å². The summed E-state index contributed by atoms with van der Waals surface area (Å²) >= 11 is 1.24. The van der Waals surface area contributed by atoms with Crippen molar-refractivity contribution in [3.63, 3.8) is 0 Å². The van der Waals surface area contributed by atoms with Crippen LogP contribution in [0.5, 0.6) is 0 Å². The Labute approximate surface area is 117 Å². The fourth-order valence-electron chi connectivity index (χ4n) is 2.04. The molecule has 1 aromatic carbocycles. The molecule has 2 rings (SSSR count). The van der Waals surface area contributed by atoms with Crippen molar-refractivity contribution in [2.24, 2.45) is 5.73 Å². The summed E-state index contributed by atoms with van der Waals surface area (Å²) in [5.41, 5.74) is 6.48. The Morgan fingerprint density at radius 2 is 2.05 bits per heavy atom. The van der Waals surface area contributed by atoms with E-state index in [0.29, 0.717) is 12.8 Å². The summed E-state index contributed by atoms with van der Waals surface area (Å²) < 4.78 is 26.2. The number of sulfone groups is 1. The van der Waals surface area contributed by atoms with E-state index in [4.69, 9.17) is 5.73 Å². The van der Waals surface area contributed by atoms with Gasteiger partial charge in [0.05, 0.1) is 15.5 Å². The third-order valence-electron chi connectivity index (χ3n) is 3.05. The summed E-state index contributed by atoms with van der Waals surface area (Å²) in [5, 5.41) is -0.451. The van der Waals surface area contributed by atoms with Crippen LogP contribution in [0.4, 0.5) is 0 Å². The Hall–Kier alpha value is -0.980. The summed E-state index contributed by atoms with van der Waals surface area (Å²) in [6, 6.07) is 7.33. The van der Waals surface area contributed by atoms with E-state index in [2.05, 4.69) is 4.98 Å². The summed E-state index contributed by atoms with van der Waals surface area (Å²) in [4.78, 5) is 4.25. The van der Waals surface area contributed by atoms with E-state index in [-0.39, 0.29) is 10.4 Å². The van der Waals surface area contributed by atoms with Crippen LogP contribution in [-0.4, -0.2) is 24.7 Å². The normalized spacial score (nSPS) is 15.5. The minimum Gasteiger partial charge on any atom is -0.328 e. The largest absolute Gasteiger partial charge is 0.328 e. The first-order valence-corrected chi connectivity index (χ1v) is 8.66. The minimum atomic E-state index is -3.38. The second kappa shape index (κ2) is 5.56. The number of hydrogen-bond donors (Lipinski definition) is 1. The van der Waals surface area contributed by atoms with Gasteiger partial charge in [-0.1, -0.05) is 19.1 Å². The molecule has 0 amide bonds. The highest BCUT2D eigenvalue weighted by Crippen LogP contribution is 2.29. The van der Waals surface area contributed by atoms with Crippen molar-refractivity contribution in [1.29, 1.82) is 0 Å². The quantitative estimate of drug-likeness (QED) is 0.920. The van der Waals surface area contributed by atoms with Gasteiger partial charge in [-0.25, -0.2) is 13.4 Å². The van der Waals surface area contributed by atoms with Crippen molar-refractivity contribution in [1.82, 2.24) is 4.98 Å². The lowest BCUT2D eigenvalue weighted by Crippen LogP contribution is -2.29. The topological polar surface area (TPSA) is 73.1 Å². The van der Waals surface area contributed by atoms with Crippen LogP contribution in [0.3, 0.4) is 0 Å². The lowest BCUT2D eigenvalue weighted by Gasteiger charge is -2.15. The zero-order valence-corrected chi connectivity index (χ0v) is 12.7. The van der Waals surface area contributed by atoms with Crippen LogP contribution in [0.1, 0.15) is 26.7 Å². The Balaban J connectivity index is 2.42. The van der Waals surface area contributed by atoms with Crippen molar-refractivity contribution in [2.75, 3.05) is 0 Å². The van der Waals surface area contributed by atoms with Gasteiger partial charge in [-0.15, -0.1) is 11.3 Å². The van der Waals surface area contributed by atoms with Gasteiger partial charge < -0.3 is 5.73 Å². The van der Waals surface area contributed by atoms with E-state index in [0.717, 1.165) is 10.2 Å². The van der Waals surface area contributed by atoms with Crippen molar-refractivity contribution in [2.45, 2.75) is 42.3 Å². The molecule has 0 aliphatic rings. The van der Waals surface area contributed by atoms with E-state index in [9.17, 15) is 8.42 Å². The van der Waals surface area contributed by atoms with Gasteiger partial charge in [0.25, 0.3) is 0 Å². The lowest BCUT2D eigenvalue weighted by atomic mass is 10.1. The van der Waals surface area contributed by atoms with Crippen LogP contribution in [0, 0.1) is 0 Å². The van der Waals surface area contributed by atoms with Gasteiger partial charge in [-0.05, 0) is 31.9 Å². The number of para-hydroxylation sites is 1. The summed E-state index contributed by atoms with van der Waals surface area (Å²) in [5.74, 6) is 0. The highest BCUT2D eigenvalue weighted by molar-refractivity contribution is 7.94. The first-order chi connectivity index (χ1) is 8.95. The molecule has 2 atom stereocenters. The number of hydrogen-bond acceptors (Lipinski definition) is 5. The maximum atomic E-state index is 12.6. The highest BCUT2D eigenvalue weighted by atomic mass is 32.2. The second-order valence-corrected chi connectivity index (χ2v) is 8.17. The van der Waals surface area contributed by atoms with E-state index in [1.807, 2.05) is 38.1 Å². The predicted octanol–water partition coefficient (Wildman–Crippen LogP) is 2.59. The zero-order valence-electron chi connectivity index (χ0n) is 11.0. The molecule has 0 aliphatic carbocycles. The van der Waals surface area contributed by atoms with E-state index in [1.165, 1.54) is 11.3 Å². The minimum absolute atomic E-state index is 0.130. The molecule has 0 saturated carbocycles. The molecule has 0 saturated heterocycles. The van der Waals surface area contributed by atoms with Crippen LogP contribution in [0.2, 0.25) is 0 Å². The SMILES string of the molecule is CCC(CC(C)N)S(=O)(=O)c1nc2ccccc2s1. The molecule has 1 heterocycles. The monoisotopic (exact) mass is 298 g/mol. The summed E-state index contributed by atoms with van der Waals surface area (Å²) in [6.07, 6.45) is 1.02. The molecule has 0 aliphatic heterocycles. The molecule has 19 heavy (non-hydrogen) atoms. The van der Waals surface area contributed by atoms with Crippen LogP contribution in [0.15, 0.2) is 28.6 Å². The van der Waals surface area contributed by atoms with Gasteiger partial charge in [0.15, 0.2) is 0 Å². The standard InChI is InChI=1S/C13H18N2O2S2/c1-3-10(8-9(2)14)19(16,17)13-15-11-6-4-5-7-12(11)18-13/h4-7,9-10H,3,8,14H2,1-2H3. The third-order valence-corrected chi connectivity index (χ3v) is 6.81. The number of aromatic nitrogens is 1. The summed E-state index contributed by atoms with van der Waals surface area (Å²) in [6.45, 7) is 3.70. The Morgan fingerprint density at radius 1 is 1.37 bits per heavy atom. The molecule has 104 valence electrons. The molecule has 0 spiro atoms. The molecule has 1 aromatic heterocycles. The molecule has 6 heteroatoms. The molecule has 0 radical (unpaired) electrons. The molecule has 0 bridgehead atoms. The van der Waals surface area contributed by atoms with Gasteiger partial charge in [0.2, 0.25) is 14.2 Å². The number of nitrogens with two attached hydrogens (primary N) is 1. The molecular formula is C13H18N2O2S2. The summed E-state index contributed by atoms with van der Waals surface area (Å²) in [7, 11) is -3.38. The number of benzene rings is 1. The Morgan fingerprint density at radius 3 is 2.63 bits per heavy atom. The van der Waals surface area contributed by atoms with E-state index >= 15 is 0 Å². The van der Waals surface area contributed by atoms with Crippen LogP contribution < -0.4 is 5.73 Å². The molecule has 2 unspecified atom stereocenters. The van der Waals surface area contributed by atoms with Crippen LogP contribution in [-0.2, 0) is 9.84 Å². The first kappa shape index (κ1) is 14.4. The number of thiazole rings is 1. The van der Waals surface area contributed by atoms with Gasteiger partial charge in [0.1, 0.15) is 0 Å². The van der Waals surface area contributed by atoms with Crippen LogP contribution >= 0.6 is 11.3 Å². The predicted molar refractivity (Wildman–Crippen MR) is 79.2 cm³/mol. The zero-order chi connectivity index (χ0) is 14.0. The average Bonchev–Trinajstić information content (AvgIpc) is 2.80. The average molecular weight is 298 g/mol. The fraction of sp³-hybridized carbons (Fsp3) is 0.462. The third kappa shape index (κ3) is 2.96. The van der Waals surface area contributed by atoms with E-state index < -0.39 is 15.1 Å². The highest BCUT2D eigenvalue weighted by Gasteiger charge is 2.29. The van der Waals surface area contributed by atoms with Gasteiger partial charge in [-0.3, -0.25) is 0 Å². The van der Waals surface area contributed by atoms with Gasteiger partial charge >= 0.3 is 0 Å². The Bertz CT molecular complexity index is 629. The molecule has 2 aromatic rings. The Kier molecular flexibility index (Phi) is 4.23. The van der Waals surface area contributed by atoms with Crippen molar-refractivity contribution in [3.05, 3.63) is 24.3 Å². The second-order valence-electron chi connectivity index (χ2n) is 4.74. The fourth-order valence-corrected chi connectivity index (χ4v) is 5.39. The maximum absolute atomic E-state index is 12.6.